The lowest BCUT2D eigenvalue weighted by Crippen LogP contribution is -2.39. The van der Waals surface area contributed by atoms with Crippen molar-refractivity contribution in [2.45, 2.75) is 26.3 Å². The molecule has 1 amide bonds. The quantitative estimate of drug-likeness (QED) is 0.745. The van der Waals surface area contributed by atoms with Crippen molar-refractivity contribution in [3.05, 3.63) is 28.7 Å². The Morgan fingerprint density at radius 1 is 1.45 bits per heavy atom. The van der Waals surface area contributed by atoms with E-state index in [4.69, 9.17) is 4.74 Å². The number of benzene rings is 1. The summed E-state index contributed by atoms with van der Waals surface area (Å²) >= 11 is 3.37. The Labute approximate surface area is 135 Å². The van der Waals surface area contributed by atoms with Crippen molar-refractivity contribution in [2.24, 2.45) is 0 Å². The Morgan fingerprint density at radius 2 is 2.20 bits per heavy atom. The molecule has 0 spiro atoms. The lowest BCUT2D eigenvalue weighted by Gasteiger charge is -2.13. The molecular formula is C14H22BrClN2O2. The summed E-state index contributed by atoms with van der Waals surface area (Å²) in [6, 6.07) is 7.88. The molecule has 1 atom stereocenters. The minimum absolute atomic E-state index is 0. The number of amides is 1. The van der Waals surface area contributed by atoms with E-state index in [0.717, 1.165) is 16.8 Å². The minimum Gasteiger partial charge on any atom is -0.493 e. The van der Waals surface area contributed by atoms with Gasteiger partial charge in [-0.2, -0.15) is 0 Å². The summed E-state index contributed by atoms with van der Waals surface area (Å²) < 4.78 is 6.47. The van der Waals surface area contributed by atoms with Crippen LogP contribution in [-0.2, 0) is 4.79 Å². The molecular weight excluding hydrogens is 344 g/mol. The van der Waals surface area contributed by atoms with Gasteiger partial charge in [-0.15, -0.1) is 12.4 Å². The number of carbonyl (C=O) groups is 1. The third-order valence-corrected chi connectivity index (χ3v) is 3.05. The maximum absolute atomic E-state index is 11.6. The van der Waals surface area contributed by atoms with Crippen molar-refractivity contribution in [2.75, 3.05) is 19.7 Å². The van der Waals surface area contributed by atoms with Crippen LogP contribution >= 0.6 is 28.3 Å². The first-order chi connectivity index (χ1) is 9.11. The summed E-state index contributed by atoms with van der Waals surface area (Å²) in [4.78, 5) is 11.6. The van der Waals surface area contributed by atoms with Gasteiger partial charge in [0.25, 0.3) is 0 Å². The second-order valence-corrected chi connectivity index (χ2v) is 5.23. The van der Waals surface area contributed by atoms with E-state index in [2.05, 4.69) is 26.6 Å². The Kier molecular flexibility index (Phi) is 10.5. The van der Waals surface area contributed by atoms with Gasteiger partial charge in [0.2, 0.25) is 5.91 Å². The Balaban J connectivity index is 0.00000361. The molecule has 0 radical (unpaired) electrons. The topological polar surface area (TPSA) is 50.4 Å². The first kappa shape index (κ1) is 19.2. The average molecular weight is 366 g/mol. The van der Waals surface area contributed by atoms with Crippen molar-refractivity contribution in [3.63, 3.8) is 0 Å². The largest absolute Gasteiger partial charge is 0.493 e. The van der Waals surface area contributed by atoms with E-state index < -0.39 is 0 Å². The van der Waals surface area contributed by atoms with Crippen LogP contribution in [0.1, 0.15) is 20.3 Å². The van der Waals surface area contributed by atoms with E-state index in [1.165, 1.54) is 0 Å². The fourth-order valence-electron chi connectivity index (χ4n) is 1.59. The molecule has 0 aliphatic heterocycles. The van der Waals surface area contributed by atoms with E-state index in [1.807, 2.05) is 38.1 Å². The lowest BCUT2D eigenvalue weighted by atomic mass is 10.3. The van der Waals surface area contributed by atoms with Crippen LogP contribution in [0.4, 0.5) is 0 Å². The second-order valence-electron chi connectivity index (χ2n) is 4.32. The van der Waals surface area contributed by atoms with Gasteiger partial charge in [-0.25, -0.2) is 0 Å². The summed E-state index contributed by atoms with van der Waals surface area (Å²) in [5, 5.41) is 6.11. The van der Waals surface area contributed by atoms with Crippen molar-refractivity contribution in [1.29, 1.82) is 0 Å². The van der Waals surface area contributed by atoms with Gasteiger partial charge in [0.1, 0.15) is 5.75 Å². The van der Waals surface area contributed by atoms with Crippen molar-refractivity contribution < 1.29 is 9.53 Å². The van der Waals surface area contributed by atoms with Crippen LogP contribution in [0.3, 0.4) is 0 Å². The molecule has 114 valence electrons. The zero-order valence-corrected chi connectivity index (χ0v) is 14.2. The van der Waals surface area contributed by atoms with E-state index in [1.54, 1.807) is 0 Å². The molecule has 0 aliphatic rings. The highest BCUT2D eigenvalue weighted by atomic mass is 79.9. The van der Waals surface area contributed by atoms with Gasteiger partial charge in [0.05, 0.1) is 13.0 Å². The molecule has 0 heterocycles. The number of likely N-dealkylation sites (N-methyl/N-ethyl adjacent to an activating group) is 1. The number of rotatable bonds is 8. The zero-order valence-electron chi connectivity index (χ0n) is 11.8. The molecule has 0 bridgehead atoms. The highest BCUT2D eigenvalue weighted by Crippen LogP contribution is 2.17. The summed E-state index contributed by atoms with van der Waals surface area (Å²) in [7, 11) is 0. The number of halogens is 2. The Bertz CT molecular complexity index is 405. The Hall–Kier alpha value is -0.780. The summed E-state index contributed by atoms with van der Waals surface area (Å²) in [5.41, 5.74) is 0. The predicted molar refractivity (Wildman–Crippen MR) is 87.7 cm³/mol. The fourth-order valence-corrected chi connectivity index (χ4v) is 1.97. The fraction of sp³-hybridized carbons (Fsp3) is 0.500. The van der Waals surface area contributed by atoms with Crippen LogP contribution in [0.15, 0.2) is 28.7 Å². The first-order valence-electron chi connectivity index (χ1n) is 6.50. The Morgan fingerprint density at radius 3 is 2.85 bits per heavy atom. The molecule has 20 heavy (non-hydrogen) atoms. The maximum Gasteiger partial charge on any atom is 0.223 e. The van der Waals surface area contributed by atoms with Crippen molar-refractivity contribution in [1.82, 2.24) is 10.6 Å². The van der Waals surface area contributed by atoms with Gasteiger partial charge in [0, 0.05) is 17.1 Å². The highest BCUT2D eigenvalue weighted by molar-refractivity contribution is 9.10. The standard InChI is InChI=1S/C14H21BrN2O2.ClH/c1-3-16-11(2)10-17-14(18)7-8-19-13-6-4-5-12(15)9-13;/h4-6,9,11,16H,3,7-8,10H2,1-2H3,(H,17,18);1H/t11-;/m1./s1. The third-order valence-electron chi connectivity index (χ3n) is 2.55. The van der Waals surface area contributed by atoms with E-state index in [9.17, 15) is 4.79 Å². The van der Waals surface area contributed by atoms with Gasteiger partial charge >= 0.3 is 0 Å². The highest BCUT2D eigenvalue weighted by Gasteiger charge is 2.04. The molecule has 2 N–H and O–H groups in total. The van der Waals surface area contributed by atoms with E-state index in [0.29, 0.717) is 25.6 Å². The lowest BCUT2D eigenvalue weighted by molar-refractivity contribution is -0.121. The molecule has 0 fully saturated rings. The molecule has 0 unspecified atom stereocenters. The molecule has 4 nitrogen and oxygen atoms in total. The molecule has 0 saturated heterocycles. The first-order valence-corrected chi connectivity index (χ1v) is 7.29. The smallest absolute Gasteiger partial charge is 0.223 e. The van der Waals surface area contributed by atoms with Crippen LogP contribution < -0.4 is 15.4 Å². The van der Waals surface area contributed by atoms with Crippen LogP contribution in [-0.4, -0.2) is 31.6 Å². The molecule has 1 aromatic rings. The number of carbonyl (C=O) groups excluding carboxylic acids is 1. The van der Waals surface area contributed by atoms with Gasteiger partial charge < -0.3 is 15.4 Å². The number of hydrogen-bond donors (Lipinski definition) is 2. The SMILES string of the molecule is CCN[C@H](C)CNC(=O)CCOc1cccc(Br)c1.Cl. The average Bonchev–Trinajstić information content (AvgIpc) is 2.37. The van der Waals surface area contributed by atoms with Crippen molar-refractivity contribution in [3.8, 4) is 5.75 Å². The zero-order chi connectivity index (χ0) is 14.1. The number of nitrogens with one attached hydrogen (secondary N) is 2. The summed E-state index contributed by atoms with van der Waals surface area (Å²) in [6.07, 6.45) is 0.366. The normalized spacial score (nSPS) is 11.3. The number of hydrogen-bond acceptors (Lipinski definition) is 3. The molecule has 0 aliphatic carbocycles. The molecule has 0 aromatic heterocycles. The monoisotopic (exact) mass is 364 g/mol. The van der Waals surface area contributed by atoms with Crippen molar-refractivity contribution >= 4 is 34.2 Å². The summed E-state index contributed by atoms with van der Waals surface area (Å²) in [6.45, 7) is 6.02. The summed E-state index contributed by atoms with van der Waals surface area (Å²) in [5.74, 6) is 0.781. The van der Waals surface area contributed by atoms with Crippen LogP contribution in [0.2, 0.25) is 0 Å². The third kappa shape index (κ3) is 8.40. The maximum atomic E-state index is 11.6. The van der Waals surface area contributed by atoms with E-state index in [-0.39, 0.29) is 18.3 Å². The molecule has 1 rings (SSSR count). The van der Waals surface area contributed by atoms with E-state index >= 15 is 0 Å². The number of ether oxygens (including phenoxy) is 1. The second kappa shape index (κ2) is 10.9. The van der Waals surface area contributed by atoms with Gasteiger partial charge in [-0.3, -0.25) is 4.79 Å². The molecule has 0 saturated carbocycles. The van der Waals surface area contributed by atoms with Gasteiger partial charge in [0.15, 0.2) is 0 Å². The van der Waals surface area contributed by atoms with Crippen LogP contribution in [0, 0.1) is 0 Å². The minimum atomic E-state index is 0. The van der Waals surface area contributed by atoms with Gasteiger partial charge in [-0.05, 0) is 31.7 Å². The van der Waals surface area contributed by atoms with Crippen LogP contribution in [0.25, 0.3) is 0 Å². The predicted octanol–water partition coefficient (Wildman–Crippen LogP) is 2.75. The van der Waals surface area contributed by atoms with Gasteiger partial charge in [-0.1, -0.05) is 28.9 Å². The molecule has 6 heteroatoms. The molecule has 1 aromatic carbocycles. The van der Waals surface area contributed by atoms with Crippen LogP contribution in [0.5, 0.6) is 5.75 Å².